The average molecular weight is 428 g/mol. The van der Waals surface area contributed by atoms with E-state index in [1.807, 2.05) is 44.4 Å². The van der Waals surface area contributed by atoms with Crippen molar-refractivity contribution in [2.75, 3.05) is 0 Å². The van der Waals surface area contributed by atoms with Gasteiger partial charge in [-0.25, -0.2) is 28.7 Å². The molecular formula is C24H18F2N6. The van der Waals surface area contributed by atoms with Gasteiger partial charge < -0.3 is 0 Å². The zero-order valence-electron chi connectivity index (χ0n) is 17.6. The Morgan fingerprint density at radius 3 is 2.34 bits per heavy atom. The minimum Gasteiger partial charge on any atom is -0.275 e. The van der Waals surface area contributed by atoms with Gasteiger partial charge in [0.1, 0.15) is 11.2 Å². The number of nitrogens with zero attached hydrogens (tertiary/aromatic N) is 6. The third-order valence-electron chi connectivity index (χ3n) is 5.31. The molecule has 0 unspecified atom stereocenters. The molecule has 0 atom stereocenters. The van der Waals surface area contributed by atoms with E-state index in [1.54, 1.807) is 17.8 Å². The number of aromatic nitrogens is 6. The lowest BCUT2D eigenvalue weighted by Crippen LogP contribution is -2.03. The van der Waals surface area contributed by atoms with Crippen molar-refractivity contribution in [2.45, 2.75) is 13.8 Å². The Balaban J connectivity index is 1.77. The molecule has 158 valence electrons. The second-order valence-electron chi connectivity index (χ2n) is 7.55. The fourth-order valence-corrected chi connectivity index (χ4v) is 3.52. The van der Waals surface area contributed by atoms with E-state index in [4.69, 9.17) is 0 Å². The van der Waals surface area contributed by atoms with Crippen molar-refractivity contribution in [3.63, 3.8) is 0 Å². The van der Waals surface area contributed by atoms with Crippen LogP contribution in [0.5, 0.6) is 0 Å². The van der Waals surface area contributed by atoms with Crippen LogP contribution >= 0.6 is 0 Å². The summed E-state index contributed by atoms with van der Waals surface area (Å²) in [6.45, 7) is 3.63. The second-order valence-corrected chi connectivity index (χ2v) is 7.55. The molecule has 3 heterocycles. The van der Waals surface area contributed by atoms with Crippen molar-refractivity contribution >= 4 is 11.2 Å². The number of hydrogen-bond donors (Lipinski definition) is 0. The van der Waals surface area contributed by atoms with Gasteiger partial charge in [0.2, 0.25) is 0 Å². The van der Waals surface area contributed by atoms with Crippen LogP contribution in [0.25, 0.3) is 44.9 Å². The molecule has 0 amide bonds. The first-order valence-corrected chi connectivity index (χ1v) is 9.97. The van der Waals surface area contributed by atoms with Gasteiger partial charge in [0, 0.05) is 29.9 Å². The summed E-state index contributed by atoms with van der Waals surface area (Å²) < 4.78 is 30.5. The molecule has 0 fully saturated rings. The Kier molecular flexibility index (Phi) is 4.70. The molecule has 0 aliphatic heterocycles. The van der Waals surface area contributed by atoms with Crippen LogP contribution in [0.2, 0.25) is 0 Å². The van der Waals surface area contributed by atoms with Crippen molar-refractivity contribution in [3.05, 3.63) is 77.9 Å². The summed E-state index contributed by atoms with van der Waals surface area (Å²) in [5.74, 6) is -1.59. The van der Waals surface area contributed by atoms with E-state index in [0.717, 1.165) is 17.2 Å². The number of halogens is 2. The third-order valence-corrected chi connectivity index (χ3v) is 5.31. The lowest BCUT2D eigenvalue weighted by molar-refractivity contribution is 0.511. The summed E-state index contributed by atoms with van der Waals surface area (Å²) in [6.07, 6.45) is 3.68. The van der Waals surface area contributed by atoms with Crippen molar-refractivity contribution < 1.29 is 8.78 Å². The molecule has 2 aromatic carbocycles. The van der Waals surface area contributed by atoms with Crippen LogP contribution < -0.4 is 0 Å². The molecule has 5 rings (SSSR count). The summed E-state index contributed by atoms with van der Waals surface area (Å²) in [7, 11) is 1.85. The zero-order valence-corrected chi connectivity index (χ0v) is 17.6. The van der Waals surface area contributed by atoms with E-state index in [-0.39, 0.29) is 11.3 Å². The predicted octanol–water partition coefficient (Wildman–Crippen LogP) is 5.05. The number of benzene rings is 2. The van der Waals surface area contributed by atoms with Crippen LogP contribution in [-0.2, 0) is 7.05 Å². The quantitative estimate of drug-likeness (QED) is 0.402. The van der Waals surface area contributed by atoms with Crippen molar-refractivity contribution in [2.24, 2.45) is 7.05 Å². The van der Waals surface area contributed by atoms with Gasteiger partial charge in [-0.1, -0.05) is 24.3 Å². The maximum Gasteiger partial charge on any atom is 0.182 e. The van der Waals surface area contributed by atoms with Crippen LogP contribution in [0.1, 0.15) is 11.4 Å². The monoisotopic (exact) mass is 428 g/mol. The second kappa shape index (κ2) is 7.56. The van der Waals surface area contributed by atoms with Crippen LogP contribution in [-0.4, -0.2) is 29.7 Å². The summed E-state index contributed by atoms with van der Waals surface area (Å²) in [4.78, 5) is 18.3. The fraction of sp³-hybridized carbons (Fsp3) is 0.125. The van der Waals surface area contributed by atoms with Gasteiger partial charge in [-0.05, 0) is 37.6 Å². The minimum absolute atomic E-state index is 0.0135. The highest BCUT2D eigenvalue weighted by Crippen LogP contribution is 2.31. The average Bonchev–Trinajstić information content (AvgIpc) is 3.22. The van der Waals surface area contributed by atoms with Crippen LogP contribution in [0.4, 0.5) is 8.78 Å². The van der Waals surface area contributed by atoms with Crippen molar-refractivity contribution in [1.29, 1.82) is 0 Å². The van der Waals surface area contributed by atoms with Gasteiger partial charge in [-0.2, -0.15) is 5.10 Å². The van der Waals surface area contributed by atoms with E-state index in [2.05, 4.69) is 25.0 Å². The predicted molar refractivity (Wildman–Crippen MR) is 118 cm³/mol. The zero-order chi connectivity index (χ0) is 22.4. The topological polar surface area (TPSA) is 69.4 Å². The SMILES string of the molecule is Cc1nc2nc(-c3cccc(-c4cnn(C)c4)c3)nc(-c3cccc(F)c3F)c2nc1C. The molecule has 5 aromatic rings. The van der Waals surface area contributed by atoms with Gasteiger partial charge >= 0.3 is 0 Å². The maximum atomic E-state index is 14.7. The van der Waals surface area contributed by atoms with Gasteiger partial charge in [0.05, 0.1) is 17.6 Å². The molecule has 6 nitrogen and oxygen atoms in total. The van der Waals surface area contributed by atoms with Gasteiger partial charge in [-0.3, -0.25) is 4.68 Å². The largest absolute Gasteiger partial charge is 0.275 e. The van der Waals surface area contributed by atoms with Crippen molar-refractivity contribution in [1.82, 2.24) is 29.7 Å². The molecule has 0 aliphatic rings. The third kappa shape index (κ3) is 3.39. The Morgan fingerprint density at radius 1 is 0.812 bits per heavy atom. The molecule has 0 saturated carbocycles. The highest BCUT2D eigenvalue weighted by Gasteiger charge is 2.19. The van der Waals surface area contributed by atoms with E-state index < -0.39 is 11.6 Å². The van der Waals surface area contributed by atoms with Crippen LogP contribution in [0.15, 0.2) is 54.9 Å². The standard InChI is InChI=1S/C24H18F2N6/c1-13-14(2)29-24-22(28-13)21(18-8-5-9-19(25)20(18)26)30-23(31-24)16-7-4-6-15(10-16)17-11-27-32(3)12-17/h4-12H,1-3H3. The van der Waals surface area contributed by atoms with Gasteiger partial charge in [0.15, 0.2) is 23.1 Å². The first kappa shape index (κ1) is 19.9. The molecule has 3 aromatic heterocycles. The Morgan fingerprint density at radius 2 is 1.56 bits per heavy atom. The van der Waals surface area contributed by atoms with E-state index in [9.17, 15) is 8.78 Å². The smallest absolute Gasteiger partial charge is 0.182 e. The van der Waals surface area contributed by atoms with Crippen molar-refractivity contribution in [3.8, 4) is 33.8 Å². The Bertz CT molecular complexity index is 1490. The first-order valence-electron chi connectivity index (χ1n) is 9.97. The van der Waals surface area contributed by atoms with Crippen LogP contribution in [0, 0.1) is 25.5 Å². The molecule has 8 heteroatoms. The number of rotatable bonds is 3. The molecule has 0 bridgehead atoms. The minimum atomic E-state index is -0.984. The Labute approximate surface area is 182 Å². The van der Waals surface area contributed by atoms with E-state index in [0.29, 0.717) is 33.9 Å². The maximum absolute atomic E-state index is 14.7. The summed E-state index contributed by atoms with van der Waals surface area (Å²) >= 11 is 0. The van der Waals surface area contributed by atoms with E-state index >= 15 is 0 Å². The Hall–Kier alpha value is -4.07. The summed E-state index contributed by atoms with van der Waals surface area (Å²) in [6, 6.07) is 11.6. The molecule has 0 N–H and O–H groups in total. The molecule has 0 saturated heterocycles. The fourth-order valence-electron chi connectivity index (χ4n) is 3.52. The van der Waals surface area contributed by atoms with Crippen LogP contribution in [0.3, 0.4) is 0 Å². The summed E-state index contributed by atoms with van der Waals surface area (Å²) in [5.41, 5.74) is 4.83. The highest BCUT2D eigenvalue weighted by molar-refractivity contribution is 5.89. The van der Waals surface area contributed by atoms with Gasteiger partial charge in [-0.15, -0.1) is 0 Å². The van der Waals surface area contributed by atoms with E-state index in [1.165, 1.54) is 12.1 Å². The number of fused-ring (bicyclic) bond motifs is 1. The molecule has 0 spiro atoms. The summed E-state index contributed by atoms with van der Waals surface area (Å²) in [5, 5.41) is 4.22. The number of aryl methyl sites for hydroxylation is 3. The lowest BCUT2D eigenvalue weighted by atomic mass is 10.0. The molecule has 32 heavy (non-hydrogen) atoms. The number of hydrogen-bond acceptors (Lipinski definition) is 5. The van der Waals surface area contributed by atoms with Gasteiger partial charge in [0.25, 0.3) is 0 Å². The normalized spacial score (nSPS) is 11.3. The highest BCUT2D eigenvalue weighted by atomic mass is 19.2. The lowest BCUT2D eigenvalue weighted by Gasteiger charge is -2.11. The molecule has 0 aliphatic carbocycles. The molecule has 0 radical (unpaired) electrons. The first-order chi connectivity index (χ1) is 15.4. The molecular weight excluding hydrogens is 410 g/mol.